The molecule has 1 aromatic rings. The van der Waals surface area contributed by atoms with E-state index in [9.17, 15) is 14.4 Å². The molecule has 0 unspecified atom stereocenters. The SMILES string of the molecule is Cc1ncc(CNC(=O)NC(=O)CCC(=O)O)s1. The number of carbonyl (C=O) groups excluding carboxylic acids is 2. The molecule has 1 heterocycles. The molecular formula is C10H13N3O4S. The number of imide groups is 1. The maximum atomic E-state index is 11.3. The Hall–Kier alpha value is -1.96. The minimum atomic E-state index is -1.08. The molecule has 0 saturated heterocycles. The van der Waals surface area contributed by atoms with E-state index in [1.165, 1.54) is 11.3 Å². The minimum absolute atomic E-state index is 0.220. The highest BCUT2D eigenvalue weighted by Crippen LogP contribution is 2.10. The van der Waals surface area contributed by atoms with Crippen LogP contribution in [0.15, 0.2) is 6.20 Å². The molecule has 98 valence electrons. The lowest BCUT2D eigenvalue weighted by Crippen LogP contribution is -2.39. The third-order valence-electron chi connectivity index (χ3n) is 1.91. The summed E-state index contributed by atoms with van der Waals surface area (Å²) in [6.07, 6.45) is 1.13. The fourth-order valence-electron chi connectivity index (χ4n) is 1.11. The number of aromatic nitrogens is 1. The van der Waals surface area contributed by atoms with E-state index in [2.05, 4.69) is 10.3 Å². The summed E-state index contributed by atoms with van der Waals surface area (Å²) >= 11 is 1.45. The quantitative estimate of drug-likeness (QED) is 0.728. The van der Waals surface area contributed by atoms with Crippen LogP contribution in [0.25, 0.3) is 0 Å². The zero-order valence-electron chi connectivity index (χ0n) is 9.73. The average molecular weight is 271 g/mol. The zero-order chi connectivity index (χ0) is 13.5. The van der Waals surface area contributed by atoms with Crippen molar-refractivity contribution in [3.63, 3.8) is 0 Å². The van der Waals surface area contributed by atoms with Gasteiger partial charge in [0.2, 0.25) is 5.91 Å². The molecule has 0 fully saturated rings. The fourth-order valence-corrected chi connectivity index (χ4v) is 1.84. The third kappa shape index (κ3) is 5.39. The topological polar surface area (TPSA) is 108 Å². The molecule has 0 radical (unpaired) electrons. The van der Waals surface area contributed by atoms with Gasteiger partial charge in [0.05, 0.1) is 18.0 Å². The number of aryl methyl sites for hydroxylation is 1. The highest BCUT2D eigenvalue weighted by molar-refractivity contribution is 7.11. The van der Waals surface area contributed by atoms with Crippen LogP contribution in [0.4, 0.5) is 4.79 Å². The second-order valence-electron chi connectivity index (χ2n) is 3.47. The molecule has 0 bridgehead atoms. The number of urea groups is 1. The first-order valence-electron chi connectivity index (χ1n) is 5.18. The van der Waals surface area contributed by atoms with Crippen LogP contribution in [0.2, 0.25) is 0 Å². The lowest BCUT2D eigenvalue weighted by molar-refractivity contribution is -0.138. The number of hydrogen-bond donors (Lipinski definition) is 3. The van der Waals surface area contributed by atoms with E-state index < -0.39 is 17.9 Å². The summed E-state index contributed by atoms with van der Waals surface area (Å²) in [6.45, 7) is 2.13. The van der Waals surface area contributed by atoms with Gasteiger partial charge in [-0.15, -0.1) is 11.3 Å². The molecule has 0 atom stereocenters. The van der Waals surface area contributed by atoms with Crippen molar-refractivity contribution in [1.82, 2.24) is 15.6 Å². The molecule has 8 heteroatoms. The van der Waals surface area contributed by atoms with Crippen LogP contribution < -0.4 is 10.6 Å². The first-order chi connectivity index (χ1) is 8.47. The van der Waals surface area contributed by atoms with Crippen molar-refractivity contribution in [1.29, 1.82) is 0 Å². The number of carboxylic acid groups (broad SMARTS) is 1. The maximum Gasteiger partial charge on any atom is 0.321 e. The Morgan fingerprint density at radius 1 is 1.39 bits per heavy atom. The Kier molecular flexibility index (Phi) is 5.25. The Bertz CT molecular complexity index is 458. The van der Waals surface area contributed by atoms with Gasteiger partial charge in [0.15, 0.2) is 0 Å². The van der Waals surface area contributed by atoms with Crippen LogP contribution >= 0.6 is 11.3 Å². The second-order valence-corrected chi connectivity index (χ2v) is 4.79. The minimum Gasteiger partial charge on any atom is -0.481 e. The summed E-state index contributed by atoms with van der Waals surface area (Å²) in [5, 5.41) is 13.8. The van der Waals surface area contributed by atoms with E-state index >= 15 is 0 Å². The van der Waals surface area contributed by atoms with Gasteiger partial charge in [-0.25, -0.2) is 9.78 Å². The van der Waals surface area contributed by atoms with Crippen molar-refractivity contribution in [2.75, 3.05) is 0 Å². The van der Waals surface area contributed by atoms with Gasteiger partial charge in [-0.1, -0.05) is 0 Å². The molecule has 0 saturated carbocycles. The lowest BCUT2D eigenvalue weighted by Gasteiger charge is -2.04. The largest absolute Gasteiger partial charge is 0.481 e. The number of nitrogens with one attached hydrogen (secondary N) is 2. The van der Waals surface area contributed by atoms with E-state index in [0.29, 0.717) is 0 Å². The van der Waals surface area contributed by atoms with Gasteiger partial charge < -0.3 is 10.4 Å². The van der Waals surface area contributed by atoms with Crippen LogP contribution in [0, 0.1) is 6.92 Å². The smallest absolute Gasteiger partial charge is 0.321 e. The van der Waals surface area contributed by atoms with Crippen molar-refractivity contribution in [2.45, 2.75) is 26.3 Å². The van der Waals surface area contributed by atoms with Gasteiger partial charge in [-0.05, 0) is 6.92 Å². The molecule has 0 spiro atoms. The molecule has 7 nitrogen and oxygen atoms in total. The lowest BCUT2D eigenvalue weighted by atomic mass is 10.3. The number of amides is 3. The highest BCUT2D eigenvalue weighted by Gasteiger charge is 2.09. The summed E-state index contributed by atoms with van der Waals surface area (Å²) in [4.78, 5) is 37.5. The van der Waals surface area contributed by atoms with Gasteiger partial charge in [0, 0.05) is 17.5 Å². The molecule has 0 aromatic carbocycles. The monoisotopic (exact) mass is 271 g/mol. The van der Waals surface area contributed by atoms with Crippen molar-refractivity contribution >= 4 is 29.2 Å². The summed E-state index contributed by atoms with van der Waals surface area (Å²) < 4.78 is 0. The van der Waals surface area contributed by atoms with Crippen LogP contribution in [0.1, 0.15) is 22.7 Å². The molecule has 1 aromatic heterocycles. The maximum absolute atomic E-state index is 11.3. The number of carboxylic acids is 1. The van der Waals surface area contributed by atoms with Crippen LogP contribution in [-0.4, -0.2) is 28.0 Å². The van der Waals surface area contributed by atoms with E-state index in [0.717, 1.165) is 9.88 Å². The summed E-state index contributed by atoms with van der Waals surface area (Å²) in [5.41, 5.74) is 0. The average Bonchev–Trinajstić information content (AvgIpc) is 2.70. The third-order valence-corrected chi connectivity index (χ3v) is 2.82. The molecule has 3 amide bonds. The van der Waals surface area contributed by atoms with E-state index in [1.807, 2.05) is 12.2 Å². The standard InChI is InChI=1S/C10H13N3O4S/c1-6-11-4-7(18-6)5-12-10(17)13-8(14)2-3-9(15)16/h4H,2-3,5H2,1H3,(H,15,16)(H2,12,13,14,17). The van der Waals surface area contributed by atoms with Crippen molar-refractivity contribution in [3.05, 3.63) is 16.1 Å². The molecule has 18 heavy (non-hydrogen) atoms. The van der Waals surface area contributed by atoms with Gasteiger partial charge in [0.25, 0.3) is 0 Å². The molecular weight excluding hydrogens is 258 g/mol. The normalized spacial score (nSPS) is 9.83. The van der Waals surface area contributed by atoms with Gasteiger partial charge in [-0.2, -0.15) is 0 Å². The van der Waals surface area contributed by atoms with Crippen LogP contribution in [0.3, 0.4) is 0 Å². The van der Waals surface area contributed by atoms with Gasteiger partial charge in [0.1, 0.15) is 0 Å². The number of nitrogens with zero attached hydrogens (tertiary/aromatic N) is 1. The first-order valence-corrected chi connectivity index (χ1v) is 6.00. The Balaban J connectivity index is 2.25. The Morgan fingerprint density at radius 2 is 2.11 bits per heavy atom. The van der Waals surface area contributed by atoms with E-state index in [-0.39, 0.29) is 19.4 Å². The van der Waals surface area contributed by atoms with E-state index in [1.54, 1.807) is 6.20 Å². The number of aliphatic carboxylic acids is 1. The van der Waals surface area contributed by atoms with Gasteiger partial charge >= 0.3 is 12.0 Å². The predicted molar refractivity (Wildman–Crippen MR) is 64.1 cm³/mol. The van der Waals surface area contributed by atoms with E-state index in [4.69, 9.17) is 5.11 Å². The van der Waals surface area contributed by atoms with Crippen molar-refractivity contribution in [3.8, 4) is 0 Å². The first kappa shape index (κ1) is 14.1. The number of thiazole rings is 1. The number of carbonyl (C=O) groups is 3. The molecule has 0 aliphatic heterocycles. The second kappa shape index (κ2) is 6.70. The van der Waals surface area contributed by atoms with Crippen LogP contribution in [-0.2, 0) is 16.1 Å². The Labute approximate surface area is 107 Å². The van der Waals surface area contributed by atoms with Crippen LogP contribution in [0.5, 0.6) is 0 Å². The van der Waals surface area contributed by atoms with Gasteiger partial charge in [-0.3, -0.25) is 14.9 Å². The number of rotatable bonds is 5. The van der Waals surface area contributed by atoms with Crippen molar-refractivity contribution in [2.24, 2.45) is 0 Å². The molecule has 0 aliphatic carbocycles. The zero-order valence-corrected chi connectivity index (χ0v) is 10.5. The summed E-state index contributed by atoms with van der Waals surface area (Å²) in [5.74, 6) is -1.69. The molecule has 1 rings (SSSR count). The predicted octanol–water partition coefficient (Wildman–Crippen LogP) is 0.642. The molecule has 3 N–H and O–H groups in total. The Morgan fingerprint density at radius 3 is 2.67 bits per heavy atom. The number of hydrogen-bond acceptors (Lipinski definition) is 5. The van der Waals surface area contributed by atoms with Crippen molar-refractivity contribution < 1.29 is 19.5 Å². The summed E-state index contributed by atoms with van der Waals surface area (Å²) in [6, 6.07) is -0.642. The highest BCUT2D eigenvalue weighted by atomic mass is 32.1. The summed E-state index contributed by atoms with van der Waals surface area (Å²) in [7, 11) is 0. The fraction of sp³-hybridized carbons (Fsp3) is 0.400. The molecule has 0 aliphatic rings.